The minimum absolute atomic E-state index is 0.345. The highest BCUT2D eigenvalue weighted by atomic mass is 19.1. The van der Waals surface area contributed by atoms with Gasteiger partial charge in [-0.25, -0.2) is 4.39 Å². The second-order valence-electron chi connectivity index (χ2n) is 6.26. The molecule has 2 heterocycles. The predicted molar refractivity (Wildman–Crippen MR) is 102 cm³/mol. The van der Waals surface area contributed by atoms with Crippen LogP contribution in [0.1, 0.15) is 28.6 Å². The van der Waals surface area contributed by atoms with Gasteiger partial charge in [-0.2, -0.15) is 0 Å². The minimum Gasteiger partial charge on any atom is -0.374 e. The Hall–Kier alpha value is -3.02. The average Bonchev–Trinajstić information content (AvgIpc) is 3.03. The first-order valence-corrected chi connectivity index (χ1v) is 8.31. The van der Waals surface area contributed by atoms with Gasteiger partial charge < -0.3 is 15.8 Å². The molecule has 0 radical (unpaired) electrons. The zero-order valence-electron chi connectivity index (χ0n) is 14.0. The van der Waals surface area contributed by atoms with Crippen LogP contribution >= 0.6 is 0 Å². The van der Waals surface area contributed by atoms with Gasteiger partial charge in [0.25, 0.3) is 0 Å². The molecule has 4 nitrogen and oxygen atoms in total. The van der Waals surface area contributed by atoms with E-state index in [2.05, 4.69) is 16.5 Å². The molecule has 0 amide bonds. The van der Waals surface area contributed by atoms with Crippen LogP contribution in [-0.2, 0) is 6.42 Å². The van der Waals surface area contributed by atoms with Crippen LogP contribution in [0.2, 0.25) is 0 Å². The van der Waals surface area contributed by atoms with Gasteiger partial charge in [-0.1, -0.05) is 30.8 Å². The Kier molecular flexibility index (Phi) is 4.03. The van der Waals surface area contributed by atoms with E-state index in [9.17, 15) is 9.50 Å². The summed E-state index contributed by atoms with van der Waals surface area (Å²) in [5, 5.41) is 11.5. The fourth-order valence-electron chi connectivity index (χ4n) is 3.36. The largest absolute Gasteiger partial charge is 0.374 e. The number of para-hydroxylation sites is 1. The van der Waals surface area contributed by atoms with Crippen molar-refractivity contribution in [1.29, 1.82) is 0 Å². The molecule has 0 saturated carbocycles. The van der Waals surface area contributed by atoms with Crippen molar-refractivity contribution in [2.75, 3.05) is 0 Å². The lowest BCUT2D eigenvalue weighted by Gasteiger charge is -2.12. The van der Waals surface area contributed by atoms with E-state index in [1.54, 1.807) is 12.3 Å². The fraction of sp³-hybridized carbons (Fsp3) is 0.0952. The highest BCUT2D eigenvalue weighted by molar-refractivity contribution is 6.10. The van der Waals surface area contributed by atoms with Crippen molar-refractivity contribution in [2.45, 2.75) is 12.6 Å². The summed E-state index contributed by atoms with van der Waals surface area (Å²) >= 11 is 0. The number of aliphatic hydroxyl groups excluding tert-OH is 1. The van der Waals surface area contributed by atoms with Gasteiger partial charge in [0.05, 0.1) is 11.2 Å². The molecule has 0 aliphatic rings. The number of H-pyrrole nitrogens is 1. The van der Waals surface area contributed by atoms with Gasteiger partial charge in [-0.3, -0.25) is 4.98 Å². The number of aliphatic hydroxyl groups is 1. The topological polar surface area (TPSA) is 74.9 Å². The molecule has 1 unspecified atom stereocenters. The number of halogens is 1. The fourth-order valence-corrected chi connectivity index (χ4v) is 3.36. The lowest BCUT2D eigenvalue weighted by atomic mass is 9.96. The zero-order chi connectivity index (χ0) is 18.3. The monoisotopic (exact) mass is 347 g/mol. The first kappa shape index (κ1) is 16.4. The van der Waals surface area contributed by atoms with Gasteiger partial charge in [0.2, 0.25) is 0 Å². The second kappa shape index (κ2) is 6.37. The van der Waals surface area contributed by atoms with E-state index in [-0.39, 0.29) is 0 Å². The molecule has 4 rings (SSSR count). The van der Waals surface area contributed by atoms with E-state index in [0.717, 1.165) is 27.5 Å². The maximum atomic E-state index is 15.0. The molecule has 0 aliphatic heterocycles. The Bertz CT molecular complexity index is 1110. The first-order chi connectivity index (χ1) is 12.6. The molecule has 2 aromatic heterocycles. The van der Waals surface area contributed by atoms with E-state index in [1.807, 2.05) is 36.4 Å². The number of benzene rings is 2. The van der Waals surface area contributed by atoms with E-state index >= 15 is 0 Å². The van der Waals surface area contributed by atoms with E-state index in [0.29, 0.717) is 23.1 Å². The third kappa shape index (κ3) is 2.67. The molecule has 4 aromatic rings. The van der Waals surface area contributed by atoms with Gasteiger partial charge in [0.1, 0.15) is 12.0 Å². The summed E-state index contributed by atoms with van der Waals surface area (Å²) in [5.74, 6) is -0.394. The smallest absolute Gasteiger partial charge is 0.130 e. The lowest BCUT2D eigenvalue weighted by molar-refractivity contribution is 0.187. The third-order valence-electron chi connectivity index (χ3n) is 4.62. The Balaban J connectivity index is 1.97. The summed E-state index contributed by atoms with van der Waals surface area (Å²) in [6, 6.07) is 12.7. The van der Waals surface area contributed by atoms with Crippen molar-refractivity contribution < 1.29 is 9.50 Å². The van der Waals surface area contributed by atoms with Crippen LogP contribution in [0, 0.1) is 5.82 Å². The normalized spacial score (nSPS) is 12.6. The van der Waals surface area contributed by atoms with Crippen LogP contribution in [0.5, 0.6) is 0 Å². The van der Waals surface area contributed by atoms with Crippen LogP contribution in [0.15, 0.2) is 55.2 Å². The summed E-state index contributed by atoms with van der Waals surface area (Å²) in [4.78, 5) is 7.55. The van der Waals surface area contributed by atoms with Crippen molar-refractivity contribution in [3.63, 3.8) is 0 Å². The van der Waals surface area contributed by atoms with Gasteiger partial charge in [0, 0.05) is 40.0 Å². The number of pyridine rings is 1. The Morgan fingerprint density at radius 3 is 2.77 bits per heavy atom. The summed E-state index contributed by atoms with van der Waals surface area (Å²) in [7, 11) is 0. The summed E-state index contributed by atoms with van der Waals surface area (Å²) in [6.07, 6.45) is 2.51. The number of hydrogen-bond donors (Lipinski definition) is 3. The standard InChI is InChI=1S/C21H18FN3O/c1-2-13-8-7-12(11-24-13)9-15-17(22)10-16(21(23)26)20-19(15)14-5-3-4-6-18(14)25-20/h2-8,10-11,21,25-26H,1,9,23H2. The third-order valence-corrected chi connectivity index (χ3v) is 4.62. The zero-order valence-corrected chi connectivity index (χ0v) is 14.0. The van der Waals surface area contributed by atoms with Crippen LogP contribution in [0.25, 0.3) is 27.9 Å². The van der Waals surface area contributed by atoms with Crippen molar-refractivity contribution in [1.82, 2.24) is 9.97 Å². The number of nitrogens with one attached hydrogen (secondary N) is 1. The molecule has 4 N–H and O–H groups in total. The number of nitrogens with zero attached hydrogens (tertiary/aromatic N) is 1. The lowest BCUT2D eigenvalue weighted by Crippen LogP contribution is -2.10. The Morgan fingerprint density at radius 2 is 2.08 bits per heavy atom. The number of nitrogens with two attached hydrogens (primary N) is 1. The van der Waals surface area contributed by atoms with E-state index in [1.165, 1.54) is 6.07 Å². The highest BCUT2D eigenvalue weighted by Crippen LogP contribution is 2.35. The number of aromatic amines is 1. The molecule has 5 heteroatoms. The number of rotatable bonds is 4. The molecule has 0 saturated heterocycles. The number of aromatic nitrogens is 2. The quantitative estimate of drug-likeness (QED) is 0.488. The summed E-state index contributed by atoms with van der Waals surface area (Å²) in [6.45, 7) is 3.69. The first-order valence-electron chi connectivity index (χ1n) is 8.31. The van der Waals surface area contributed by atoms with Gasteiger partial charge in [-0.05, 0) is 29.8 Å². The molecule has 26 heavy (non-hydrogen) atoms. The van der Waals surface area contributed by atoms with Crippen molar-refractivity contribution in [3.8, 4) is 0 Å². The van der Waals surface area contributed by atoms with Crippen LogP contribution < -0.4 is 5.73 Å². The second-order valence-corrected chi connectivity index (χ2v) is 6.26. The molecular formula is C21H18FN3O. The maximum Gasteiger partial charge on any atom is 0.130 e. The van der Waals surface area contributed by atoms with Crippen LogP contribution in [0.4, 0.5) is 4.39 Å². The van der Waals surface area contributed by atoms with Gasteiger partial charge >= 0.3 is 0 Å². The summed E-state index contributed by atoms with van der Waals surface area (Å²) < 4.78 is 15.0. The molecule has 130 valence electrons. The Morgan fingerprint density at radius 1 is 1.27 bits per heavy atom. The predicted octanol–water partition coefficient (Wildman–Crippen LogP) is 4.04. The molecule has 0 fully saturated rings. The van der Waals surface area contributed by atoms with Crippen LogP contribution in [-0.4, -0.2) is 15.1 Å². The van der Waals surface area contributed by atoms with E-state index in [4.69, 9.17) is 5.73 Å². The van der Waals surface area contributed by atoms with E-state index < -0.39 is 12.0 Å². The number of fused-ring (bicyclic) bond motifs is 3. The molecule has 0 spiro atoms. The molecule has 0 bridgehead atoms. The Labute approximate surface area is 149 Å². The highest BCUT2D eigenvalue weighted by Gasteiger charge is 2.19. The SMILES string of the molecule is C=Cc1ccc(Cc2c(F)cc(C(N)O)c3[nH]c4ccccc4c23)cn1. The van der Waals surface area contributed by atoms with Crippen molar-refractivity contribution in [3.05, 3.63) is 83.4 Å². The maximum absolute atomic E-state index is 15.0. The van der Waals surface area contributed by atoms with Gasteiger partial charge in [-0.15, -0.1) is 0 Å². The van der Waals surface area contributed by atoms with Crippen molar-refractivity contribution >= 4 is 27.9 Å². The minimum atomic E-state index is -1.26. The molecular weight excluding hydrogens is 329 g/mol. The van der Waals surface area contributed by atoms with Crippen LogP contribution in [0.3, 0.4) is 0 Å². The molecule has 1 atom stereocenters. The average molecular weight is 347 g/mol. The number of hydrogen-bond acceptors (Lipinski definition) is 3. The summed E-state index contributed by atoms with van der Waals surface area (Å²) in [5.41, 5.74) is 9.74. The molecule has 0 aliphatic carbocycles. The van der Waals surface area contributed by atoms with Crippen molar-refractivity contribution in [2.24, 2.45) is 5.73 Å². The van der Waals surface area contributed by atoms with Gasteiger partial charge in [0.15, 0.2) is 0 Å². The molecule has 2 aromatic carbocycles.